The van der Waals surface area contributed by atoms with Gasteiger partial charge in [0, 0.05) is 27.2 Å². The molecular formula is C10H22N2O2S. The highest BCUT2D eigenvalue weighted by atomic mass is 32.2. The van der Waals surface area contributed by atoms with Gasteiger partial charge in [-0.2, -0.15) is 17.0 Å². The molecular weight excluding hydrogens is 212 g/mol. The van der Waals surface area contributed by atoms with Crippen molar-refractivity contribution in [1.82, 2.24) is 8.61 Å². The second-order valence-corrected chi connectivity index (χ2v) is 7.64. The molecule has 0 amide bonds. The smallest absolute Gasteiger partial charge is 0.195 e. The van der Waals surface area contributed by atoms with E-state index < -0.39 is 10.2 Å². The summed E-state index contributed by atoms with van der Waals surface area (Å²) in [7, 11) is -0.0370. The third-order valence-corrected chi connectivity index (χ3v) is 5.07. The summed E-state index contributed by atoms with van der Waals surface area (Å²) in [6, 6.07) is 0. The Hall–Kier alpha value is -0.130. The molecule has 1 heterocycles. The summed E-state index contributed by atoms with van der Waals surface area (Å²) >= 11 is 0. The van der Waals surface area contributed by atoms with Crippen LogP contribution in [0.5, 0.6) is 0 Å². The molecule has 1 aliphatic heterocycles. The normalized spacial score (nSPS) is 25.1. The second kappa shape index (κ2) is 4.03. The van der Waals surface area contributed by atoms with Gasteiger partial charge in [-0.1, -0.05) is 20.8 Å². The van der Waals surface area contributed by atoms with Crippen molar-refractivity contribution in [2.75, 3.05) is 27.2 Å². The zero-order chi connectivity index (χ0) is 11.9. The first kappa shape index (κ1) is 12.9. The van der Waals surface area contributed by atoms with Gasteiger partial charge in [0.25, 0.3) is 10.2 Å². The van der Waals surface area contributed by atoms with Gasteiger partial charge in [0.05, 0.1) is 0 Å². The van der Waals surface area contributed by atoms with E-state index in [0.29, 0.717) is 19.0 Å². The largest absolute Gasteiger partial charge is 0.281 e. The lowest BCUT2D eigenvalue weighted by Crippen LogP contribution is -2.39. The standard InChI is InChI=1S/C10H22N2O2S/c1-10(2,3)9-6-7-12(8-9)15(13,14)11(4)5/h9H,6-8H2,1-5H3/t9-/m1/s1. The van der Waals surface area contributed by atoms with Gasteiger partial charge in [-0.05, 0) is 17.8 Å². The Bertz CT molecular complexity index is 317. The van der Waals surface area contributed by atoms with Crippen LogP contribution in [0.15, 0.2) is 0 Å². The molecule has 0 bridgehead atoms. The van der Waals surface area contributed by atoms with Gasteiger partial charge in [-0.15, -0.1) is 0 Å². The molecule has 1 aliphatic rings. The fourth-order valence-electron chi connectivity index (χ4n) is 1.88. The van der Waals surface area contributed by atoms with E-state index in [1.54, 1.807) is 18.4 Å². The van der Waals surface area contributed by atoms with Crippen molar-refractivity contribution in [3.05, 3.63) is 0 Å². The van der Waals surface area contributed by atoms with Crippen LogP contribution in [-0.4, -0.2) is 44.2 Å². The van der Waals surface area contributed by atoms with E-state index in [9.17, 15) is 8.42 Å². The first-order valence-electron chi connectivity index (χ1n) is 5.33. The van der Waals surface area contributed by atoms with Gasteiger partial charge in [0.2, 0.25) is 0 Å². The van der Waals surface area contributed by atoms with Gasteiger partial charge >= 0.3 is 0 Å². The summed E-state index contributed by atoms with van der Waals surface area (Å²) < 4.78 is 26.6. The molecule has 0 unspecified atom stereocenters. The summed E-state index contributed by atoms with van der Waals surface area (Å²) in [4.78, 5) is 0. The Kier molecular flexibility index (Phi) is 3.48. The van der Waals surface area contributed by atoms with Crippen LogP contribution in [0, 0.1) is 11.3 Å². The van der Waals surface area contributed by atoms with Crippen LogP contribution in [0.25, 0.3) is 0 Å². The van der Waals surface area contributed by atoms with Crippen LogP contribution >= 0.6 is 0 Å². The summed E-state index contributed by atoms with van der Waals surface area (Å²) in [5.74, 6) is 0.465. The predicted molar refractivity (Wildman–Crippen MR) is 61.7 cm³/mol. The molecule has 90 valence electrons. The van der Waals surface area contributed by atoms with Crippen LogP contribution in [0.4, 0.5) is 0 Å². The van der Waals surface area contributed by atoms with Crippen LogP contribution < -0.4 is 0 Å². The number of nitrogens with zero attached hydrogens (tertiary/aromatic N) is 2. The first-order chi connectivity index (χ1) is 6.65. The molecule has 0 aromatic rings. The minimum Gasteiger partial charge on any atom is -0.195 e. The van der Waals surface area contributed by atoms with Crippen molar-refractivity contribution < 1.29 is 8.42 Å². The maximum atomic E-state index is 11.9. The summed E-state index contributed by atoms with van der Waals surface area (Å²) in [5.41, 5.74) is 0.191. The highest BCUT2D eigenvalue weighted by Gasteiger charge is 2.37. The van der Waals surface area contributed by atoms with Gasteiger partial charge in [-0.3, -0.25) is 0 Å². The van der Waals surface area contributed by atoms with Gasteiger partial charge in [0.1, 0.15) is 0 Å². The molecule has 1 saturated heterocycles. The van der Waals surface area contributed by atoms with Crippen molar-refractivity contribution >= 4 is 10.2 Å². The molecule has 0 aliphatic carbocycles. The molecule has 4 nitrogen and oxygen atoms in total. The molecule has 1 rings (SSSR count). The van der Waals surface area contributed by atoms with Crippen molar-refractivity contribution in [2.24, 2.45) is 11.3 Å². The Morgan fingerprint density at radius 3 is 2.13 bits per heavy atom. The van der Waals surface area contributed by atoms with Gasteiger partial charge in [0.15, 0.2) is 0 Å². The number of rotatable bonds is 2. The molecule has 0 saturated carbocycles. The topological polar surface area (TPSA) is 40.6 Å². The molecule has 0 N–H and O–H groups in total. The Labute approximate surface area is 93.4 Å². The van der Waals surface area contributed by atoms with Gasteiger partial charge < -0.3 is 0 Å². The lowest BCUT2D eigenvalue weighted by atomic mass is 9.80. The lowest BCUT2D eigenvalue weighted by molar-refractivity contribution is 0.250. The van der Waals surface area contributed by atoms with E-state index >= 15 is 0 Å². The maximum absolute atomic E-state index is 11.9. The van der Waals surface area contributed by atoms with Crippen molar-refractivity contribution in [1.29, 1.82) is 0 Å². The van der Waals surface area contributed by atoms with E-state index in [1.165, 1.54) is 4.31 Å². The van der Waals surface area contributed by atoms with E-state index in [2.05, 4.69) is 20.8 Å². The summed E-state index contributed by atoms with van der Waals surface area (Å²) in [6.45, 7) is 7.82. The quantitative estimate of drug-likeness (QED) is 0.719. The average Bonchev–Trinajstić information content (AvgIpc) is 2.50. The molecule has 0 radical (unpaired) electrons. The van der Waals surface area contributed by atoms with Crippen LogP contribution in [-0.2, 0) is 10.2 Å². The van der Waals surface area contributed by atoms with E-state index in [4.69, 9.17) is 0 Å². The SMILES string of the molecule is CN(C)S(=O)(=O)N1CC[C@@H](C(C)(C)C)C1. The zero-order valence-corrected chi connectivity index (χ0v) is 11.1. The van der Waals surface area contributed by atoms with Gasteiger partial charge in [-0.25, -0.2) is 0 Å². The molecule has 0 spiro atoms. The predicted octanol–water partition coefficient (Wildman–Crippen LogP) is 1.16. The van der Waals surface area contributed by atoms with Crippen LogP contribution in [0.2, 0.25) is 0 Å². The minimum atomic E-state index is -3.20. The summed E-state index contributed by atoms with van der Waals surface area (Å²) in [6.07, 6.45) is 0.969. The van der Waals surface area contributed by atoms with Crippen LogP contribution in [0.3, 0.4) is 0 Å². The summed E-state index contributed by atoms with van der Waals surface area (Å²) in [5, 5.41) is 0. The average molecular weight is 234 g/mol. The fraction of sp³-hybridized carbons (Fsp3) is 1.00. The molecule has 1 fully saturated rings. The molecule has 0 aromatic heterocycles. The van der Waals surface area contributed by atoms with Crippen molar-refractivity contribution in [3.8, 4) is 0 Å². The van der Waals surface area contributed by atoms with E-state index in [-0.39, 0.29) is 5.41 Å². The lowest BCUT2D eigenvalue weighted by Gasteiger charge is -2.27. The van der Waals surface area contributed by atoms with E-state index in [1.807, 2.05) is 0 Å². The fourth-order valence-corrected chi connectivity index (χ4v) is 3.04. The molecule has 5 heteroatoms. The third kappa shape index (κ3) is 2.71. The second-order valence-electron chi connectivity index (χ2n) is 5.50. The number of hydrogen-bond donors (Lipinski definition) is 0. The highest BCUT2D eigenvalue weighted by Crippen LogP contribution is 2.34. The molecule has 1 atom stereocenters. The van der Waals surface area contributed by atoms with Crippen molar-refractivity contribution in [3.63, 3.8) is 0 Å². The van der Waals surface area contributed by atoms with Crippen molar-refractivity contribution in [2.45, 2.75) is 27.2 Å². The highest BCUT2D eigenvalue weighted by molar-refractivity contribution is 7.86. The Morgan fingerprint density at radius 2 is 1.80 bits per heavy atom. The minimum absolute atomic E-state index is 0.191. The number of hydrogen-bond acceptors (Lipinski definition) is 2. The first-order valence-corrected chi connectivity index (χ1v) is 6.73. The Morgan fingerprint density at radius 1 is 1.27 bits per heavy atom. The van der Waals surface area contributed by atoms with Crippen LogP contribution in [0.1, 0.15) is 27.2 Å². The Balaban J connectivity index is 2.73. The molecule has 15 heavy (non-hydrogen) atoms. The third-order valence-electron chi connectivity index (χ3n) is 3.16. The maximum Gasteiger partial charge on any atom is 0.281 e. The zero-order valence-electron chi connectivity index (χ0n) is 10.3. The monoisotopic (exact) mass is 234 g/mol. The van der Waals surface area contributed by atoms with E-state index in [0.717, 1.165) is 6.42 Å². The molecule has 0 aromatic carbocycles.